The molecule has 0 radical (unpaired) electrons. The highest BCUT2D eigenvalue weighted by molar-refractivity contribution is 6.32. The Morgan fingerprint density at radius 1 is 1.25 bits per heavy atom. The number of carbonyl (C=O) groups excluding carboxylic acids is 2. The number of nitro groups is 1. The Bertz CT molecular complexity index is 1050. The number of rotatable bonds is 4. The predicted octanol–water partition coefficient (Wildman–Crippen LogP) is 3.60. The third-order valence-corrected chi connectivity index (χ3v) is 4.68. The third kappa shape index (κ3) is 5.17. The van der Waals surface area contributed by atoms with Gasteiger partial charge in [0.1, 0.15) is 22.9 Å². The molecule has 1 aliphatic heterocycles. The normalized spacial score (nSPS) is 14.3. The molecule has 0 saturated carbocycles. The molecule has 2 N–H and O–H groups in total. The molecule has 2 amide bonds. The van der Waals surface area contributed by atoms with E-state index in [1.54, 1.807) is 45.0 Å². The van der Waals surface area contributed by atoms with Gasteiger partial charge in [-0.15, -0.1) is 0 Å². The second-order valence-electron chi connectivity index (χ2n) is 7.97. The van der Waals surface area contributed by atoms with Gasteiger partial charge in [0, 0.05) is 18.8 Å². The zero-order valence-corrected chi connectivity index (χ0v) is 18.5. The summed E-state index contributed by atoms with van der Waals surface area (Å²) in [7, 11) is 0. The molecule has 0 bridgehead atoms. The van der Waals surface area contributed by atoms with Crippen LogP contribution in [0.1, 0.15) is 20.8 Å². The van der Waals surface area contributed by atoms with E-state index in [1.807, 2.05) is 0 Å². The zero-order chi connectivity index (χ0) is 23.6. The molecular formula is C20H22ClN5O6. The third-order valence-electron chi connectivity index (χ3n) is 4.41. The Hall–Kier alpha value is -3.60. The van der Waals surface area contributed by atoms with Gasteiger partial charge < -0.3 is 20.1 Å². The molecule has 32 heavy (non-hydrogen) atoms. The van der Waals surface area contributed by atoms with Crippen LogP contribution in [0.2, 0.25) is 5.02 Å². The Morgan fingerprint density at radius 2 is 1.91 bits per heavy atom. The quantitative estimate of drug-likeness (QED) is 0.535. The Morgan fingerprint density at radius 3 is 2.47 bits per heavy atom. The number of piperazine rings is 1. The molecule has 0 spiro atoms. The summed E-state index contributed by atoms with van der Waals surface area (Å²) in [4.78, 5) is 41.9. The maximum absolute atomic E-state index is 12.6. The van der Waals surface area contributed by atoms with Crippen molar-refractivity contribution in [3.63, 3.8) is 0 Å². The molecule has 0 unspecified atom stereocenters. The van der Waals surface area contributed by atoms with Crippen LogP contribution in [0.4, 0.5) is 22.0 Å². The highest BCUT2D eigenvalue weighted by Gasteiger charge is 2.31. The SMILES string of the molecule is CC(C)(C)OC(=O)N1CCN(c2ccc(Oc3c(Cl)cnc(N)c3[N+](=O)[O-])cc2)C(=O)C1. The minimum atomic E-state index is -0.721. The largest absolute Gasteiger partial charge is 0.448 e. The van der Waals surface area contributed by atoms with Crippen LogP contribution in [0.25, 0.3) is 0 Å². The molecule has 0 aliphatic carbocycles. The van der Waals surface area contributed by atoms with E-state index < -0.39 is 22.3 Å². The topological polar surface area (TPSA) is 141 Å². The number of hydrogen-bond acceptors (Lipinski definition) is 8. The van der Waals surface area contributed by atoms with Crippen molar-refractivity contribution in [1.29, 1.82) is 0 Å². The number of aromatic nitrogens is 1. The lowest BCUT2D eigenvalue weighted by atomic mass is 10.2. The summed E-state index contributed by atoms with van der Waals surface area (Å²) in [5, 5.41) is 11.2. The van der Waals surface area contributed by atoms with Gasteiger partial charge in [-0.05, 0) is 45.0 Å². The molecule has 2 aromatic rings. The first-order valence-electron chi connectivity index (χ1n) is 9.61. The maximum Gasteiger partial charge on any atom is 0.410 e. The Labute approximate surface area is 188 Å². The van der Waals surface area contributed by atoms with Crippen molar-refractivity contribution in [3.05, 3.63) is 45.6 Å². The average Bonchev–Trinajstić information content (AvgIpc) is 2.70. The van der Waals surface area contributed by atoms with Crippen molar-refractivity contribution in [2.75, 3.05) is 30.3 Å². The molecule has 1 aromatic heterocycles. The number of benzene rings is 1. The lowest BCUT2D eigenvalue weighted by Crippen LogP contribution is -2.53. The number of nitrogens with zero attached hydrogens (tertiary/aromatic N) is 4. The van der Waals surface area contributed by atoms with Gasteiger partial charge in [-0.3, -0.25) is 19.8 Å². The van der Waals surface area contributed by atoms with Crippen molar-refractivity contribution >= 4 is 40.8 Å². The van der Waals surface area contributed by atoms with Gasteiger partial charge in [0.2, 0.25) is 17.5 Å². The Kier molecular flexibility index (Phi) is 6.40. The van der Waals surface area contributed by atoms with E-state index >= 15 is 0 Å². The van der Waals surface area contributed by atoms with Crippen LogP contribution in [0.5, 0.6) is 11.5 Å². The van der Waals surface area contributed by atoms with Crippen molar-refractivity contribution in [3.8, 4) is 11.5 Å². The number of amides is 2. The summed E-state index contributed by atoms with van der Waals surface area (Å²) in [6.45, 7) is 5.77. The highest BCUT2D eigenvalue weighted by atomic mass is 35.5. The predicted molar refractivity (Wildman–Crippen MR) is 117 cm³/mol. The lowest BCUT2D eigenvalue weighted by molar-refractivity contribution is -0.384. The van der Waals surface area contributed by atoms with Gasteiger partial charge in [-0.1, -0.05) is 11.6 Å². The van der Waals surface area contributed by atoms with E-state index in [-0.39, 0.29) is 41.3 Å². The second kappa shape index (κ2) is 8.87. The molecular weight excluding hydrogens is 442 g/mol. The number of nitrogen functional groups attached to an aromatic ring is 1. The van der Waals surface area contributed by atoms with E-state index in [2.05, 4.69) is 4.98 Å². The van der Waals surface area contributed by atoms with Gasteiger partial charge in [0.15, 0.2) is 0 Å². The molecule has 1 aliphatic rings. The van der Waals surface area contributed by atoms with E-state index in [4.69, 9.17) is 26.8 Å². The fraction of sp³-hybridized carbons (Fsp3) is 0.350. The van der Waals surface area contributed by atoms with Crippen LogP contribution in [0.3, 0.4) is 0 Å². The number of halogens is 1. The van der Waals surface area contributed by atoms with Crippen molar-refractivity contribution in [2.45, 2.75) is 26.4 Å². The molecule has 170 valence electrons. The molecule has 3 rings (SSSR count). The first-order chi connectivity index (χ1) is 15.0. The maximum atomic E-state index is 12.6. The fourth-order valence-corrected chi connectivity index (χ4v) is 3.17. The summed E-state index contributed by atoms with van der Waals surface area (Å²) in [6, 6.07) is 6.33. The summed E-state index contributed by atoms with van der Waals surface area (Å²) < 4.78 is 10.9. The minimum absolute atomic E-state index is 0.0663. The fourth-order valence-electron chi connectivity index (χ4n) is 2.99. The first-order valence-corrected chi connectivity index (χ1v) is 9.98. The van der Waals surface area contributed by atoms with Gasteiger partial charge in [0.05, 0.1) is 11.1 Å². The monoisotopic (exact) mass is 463 g/mol. The first kappa shape index (κ1) is 23.1. The molecule has 2 heterocycles. The van der Waals surface area contributed by atoms with Crippen LogP contribution >= 0.6 is 11.6 Å². The smallest absolute Gasteiger partial charge is 0.410 e. The Balaban J connectivity index is 1.71. The zero-order valence-electron chi connectivity index (χ0n) is 17.7. The van der Waals surface area contributed by atoms with Crippen LogP contribution in [0, 0.1) is 10.1 Å². The number of carbonyl (C=O) groups is 2. The van der Waals surface area contributed by atoms with Crippen LogP contribution in [-0.4, -0.2) is 52.0 Å². The van der Waals surface area contributed by atoms with Crippen LogP contribution in [0.15, 0.2) is 30.5 Å². The number of pyridine rings is 1. The van der Waals surface area contributed by atoms with Crippen molar-refractivity contribution in [1.82, 2.24) is 9.88 Å². The average molecular weight is 464 g/mol. The summed E-state index contributed by atoms with van der Waals surface area (Å²) in [5.41, 5.74) is 4.98. The standard InChI is InChI=1S/C20H22ClN5O6/c1-20(2,3)32-19(28)24-8-9-25(15(27)11-24)12-4-6-13(7-5-12)31-17-14(21)10-23-18(22)16(17)26(29)30/h4-7,10H,8-9,11H2,1-3H3,(H2,22,23). The minimum Gasteiger partial charge on any atom is -0.448 e. The molecule has 12 heteroatoms. The number of ether oxygens (including phenoxy) is 2. The van der Waals surface area contributed by atoms with Crippen LogP contribution in [-0.2, 0) is 9.53 Å². The number of anilines is 2. The summed E-state index contributed by atoms with van der Waals surface area (Å²) >= 11 is 6.00. The highest BCUT2D eigenvalue weighted by Crippen LogP contribution is 2.40. The molecule has 1 saturated heterocycles. The number of nitrogens with two attached hydrogens (primary N) is 1. The van der Waals surface area contributed by atoms with E-state index in [0.29, 0.717) is 12.2 Å². The molecule has 1 aromatic carbocycles. The number of hydrogen-bond donors (Lipinski definition) is 1. The van der Waals surface area contributed by atoms with Gasteiger partial charge in [-0.25, -0.2) is 9.78 Å². The molecule has 0 atom stereocenters. The van der Waals surface area contributed by atoms with E-state index in [1.165, 1.54) is 9.80 Å². The van der Waals surface area contributed by atoms with Crippen molar-refractivity contribution in [2.24, 2.45) is 0 Å². The van der Waals surface area contributed by atoms with Gasteiger partial charge in [-0.2, -0.15) is 0 Å². The molecule has 11 nitrogen and oxygen atoms in total. The van der Waals surface area contributed by atoms with Gasteiger partial charge >= 0.3 is 11.8 Å². The van der Waals surface area contributed by atoms with E-state index in [0.717, 1.165) is 6.20 Å². The van der Waals surface area contributed by atoms with Crippen molar-refractivity contribution < 1.29 is 24.0 Å². The second-order valence-corrected chi connectivity index (χ2v) is 8.38. The van der Waals surface area contributed by atoms with E-state index in [9.17, 15) is 19.7 Å². The lowest BCUT2D eigenvalue weighted by Gasteiger charge is -2.35. The van der Waals surface area contributed by atoms with Crippen LogP contribution < -0.4 is 15.4 Å². The molecule has 1 fully saturated rings. The summed E-state index contributed by atoms with van der Waals surface area (Å²) in [5.74, 6) is -0.556. The van der Waals surface area contributed by atoms with Gasteiger partial charge in [0.25, 0.3) is 0 Å². The summed E-state index contributed by atoms with van der Waals surface area (Å²) in [6.07, 6.45) is 0.625.